The van der Waals surface area contributed by atoms with E-state index in [2.05, 4.69) is 18.3 Å². The van der Waals surface area contributed by atoms with Gasteiger partial charge < -0.3 is 10.1 Å². The Morgan fingerprint density at radius 3 is 2.94 bits per heavy atom. The van der Waals surface area contributed by atoms with E-state index >= 15 is 0 Å². The fourth-order valence-corrected chi connectivity index (χ4v) is 2.22. The van der Waals surface area contributed by atoms with Gasteiger partial charge in [0.1, 0.15) is 6.07 Å². The second kappa shape index (κ2) is 4.77. The van der Waals surface area contributed by atoms with Gasteiger partial charge in [-0.15, -0.1) is 0 Å². The molecular weight excluding hydrogens is 212 g/mol. The van der Waals surface area contributed by atoms with Gasteiger partial charge in [0.05, 0.1) is 23.4 Å². The van der Waals surface area contributed by atoms with Crippen LogP contribution in [0.25, 0.3) is 0 Å². The molecule has 1 unspecified atom stereocenters. The molecule has 0 radical (unpaired) electrons. The van der Waals surface area contributed by atoms with E-state index in [0.29, 0.717) is 12.2 Å². The maximum absolute atomic E-state index is 9.10. The van der Waals surface area contributed by atoms with Crippen LogP contribution in [0.3, 0.4) is 0 Å². The van der Waals surface area contributed by atoms with Gasteiger partial charge in [-0.05, 0) is 44.4 Å². The average molecular weight is 230 g/mol. The van der Waals surface area contributed by atoms with Crippen molar-refractivity contribution in [2.45, 2.75) is 32.2 Å². The third kappa shape index (κ3) is 2.78. The van der Waals surface area contributed by atoms with E-state index in [1.54, 1.807) is 0 Å². The highest BCUT2D eigenvalue weighted by Crippen LogP contribution is 2.26. The smallest absolute Gasteiger partial charge is 0.101 e. The molecule has 1 N–H and O–H groups in total. The normalized spacial score (nSPS) is 24.1. The predicted molar refractivity (Wildman–Crippen MR) is 68.0 cm³/mol. The summed E-state index contributed by atoms with van der Waals surface area (Å²) in [6, 6.07) is 8.08. The Morgan fingerprint density at radius 1 is 1.47 bits per heavy atom. The van der Waals surface area contributed by atoms with Gasteiger partial charge in [0.15, 0.2) is 0 Å². The predicted octanol–water partition coefficient (Wildman–Crippen LogP) is 2.85. The van der Waals surface area contributed by atoms with Crippen molar-refractivity contribution in [3.63, 3.8) is 0 Å². The van der Waals surface area contributed by atoms with Crippen LogP contribution in [0.15, 0.2) is 18.2 Å². The first-order valence-corrected chi connectivity index (χ1v) is 6.00. The van der Waals surface area contributed by atoms with Crippen LogP contribution in [0.4, 0.5) is 5.69 Å². The third-order valence-corrected chi connectivity index (χ3v) is 3.17. The van der Waals surface area contributed by atoms with Crippen molar-refractivity contribution < 1.29 is 4.74 Å². The van der Waals surface area contributed by atoms with Crippen molar-refractivity contribution in [1.29, 1.82) is 5.26 Å². The minimum Gasteiger partial charge on any atom is -0.379 e. The number of rotatable bonds is 2. The lowest BCUT2D eigenvalue weighted by molar-refractivity contribution is 0.0540. The molecule has 0 saturated carbocycles. The van der Waals surface area contributed by atoms with Crippen molar-refractivity contribution in [3.05, 3.63) is 29.3 Å². The van der Waals surface area contributed by atoms with Gasteiger partial charge in [0.25, 0.3) is 0 Å². The molecule has 1 aromatic carbocycles. The molecular formula is C14H18N2O. The summed E-state index contributed by atoms with van der Waals surface area (Å²) in [7, 11) is 0. The van der Waals surface area contributed by atoms with Crippen LogP contribution in [-0.4, -0.2) is 18.8 Å². The fraction of sp³-hybridized carbons (Fsp3) is 0.500. The third-order valence-electron chi connectivity index (χ3n) is 3.17. The van der Waals surface area contributed by atoms with Crippen LogP contribution in [0.5, 0.6) is 0 Å². The van der Waals surface area contributed by atoms with E-state index in [9.17, 15) is 0 Å². The molecule has 1 aliphatic heterocycles. The summed E-state index contributed by atoms with van der Waals surface area (Å²) in [5.74, 6) is 0. The maximum atomic E-state index is 9.10. The van der Waals surface area contributed by atoms with Gasteiger partial charge in [-0.25, -0.2) is 0 Å². The monoisotopic (exact) mass is 230 g/mol. The highest BCUT2D eigenvalue weighted by Gasteiger charge is 2.27. The standard InChI is InChI=1S/C14H18N2O/c1-11-4-5-12(9-15)13(8-11)16-14(2)6-3-7-17-10-14/h4-5,8,16H,3,6-7,10H2,1-2H3. The van der Waals surface area contributed by atoms with Crippen LogP contribution in [0, 0.1) is 18.3 Å². The largest absolute Gasteiger partial charge is 0.379 e. The van der Waals surface area contributed by atoms with Crippen molar-refractivity contribution in [3.8, 4) is 6.07 Å². The summed E-state index contributed by atoms with van der Waals surface area (Å²) in [5.41, 5.74) is 2.72. The van der Waals surface area contributed by atoms with Gasteiger partial charge in [-0.2, -0.15) is 5.26 Å². The van der Waals surface area contributed by atoms with Gasteiger partial charge in [0.2, 0.25) is 0 Å². The van der Waals surface area contributed by atoms with Gasteiger partial charge in [-0.1, -0.05) is 6.07 Å². The van der Waals surface area contributed by atoms with Gasteiger partial charge in [0, 0.05) is 6.61 Å². The number of anilines is 1. The Bertz CT molecular complexity index is 442. The van der Waals surface area contributed by atoms with Crippen molar-refractivity contribution >= 4 is 5.69 Å². The average Bonchev–Trinajstić information content (AvgIpc) is 2.29. The molecule has 0 spiro atoms. The summed E-state index contributed by atoms with van der Waals surface area (Å²) in [6.45, 7) is 5.73. The van der Waals surface area contributed by atoms with Crippen LogP contribution >= 0.6 is 0 Å². The van der Waals surface area contributed by atoms with Crippen LogP contribution in [0.1, 0.15) is 30.9 Å². The zero-order valence-electron chi connectivity index (χ0n) is 10.4. The van der Waals surface area contributed by atoms with Crippen LogP contribution in [-0.2, 0) is 4.74 Å². The zero-order valence-corrected chi connectivity index (χ0v) is 10.4. The lowest BCUT2D eigenvalue weighted by atomic mass is 9.94. The number of nitrogens with zero attached hydrogens (tertiary/aromatic N) is 1. The highest BCUT2D eigenvalue weighted by molar-refractivity contribution is 5.60. The molecule has 90 valence electrons. The Balaban J connectivity index is 2.22. The first-order valence-electron chi connectivity index (χ1n) is 6.00. The molecule has 1 aliphatic rings. The summed E-state index contributed by atoms with van der Waals surface area (Å²) < 4.78 is 5.52. The second-order valence-electron chi connectivity index (χ2n) is 5.00. The van der Waals surface area contributed by atoms with Crippen molar-refractivity contribution in [2.24, 2.45) is 0 Å². The minimum atomic E-state index is -0.0579. The molecule has 1 atom stereocenters. The van der Waals surface area contributed by atoms with E-state index in [1.807, 2.05) is 25.1 Å². The van der Waals surface area contributed by atoms with Gasteiger partial charge >= 0.3 is 0 Å². The van der Waals surface area contributed by atoms with Crippen LogP contribution in [0.2, 0.25) is 0 Å². The molecule has 1 heterocycles. The second-order valence-corrected chi connectivity index (χ2v) is 5.00. The molecule has 0 aliphatic carbocycles. The topological polar surface area (TPSA) is 45.0 Å². The lowest BCUT2D eigenvalue weighted by Gasteiger charge is -2.35. The summed E-state index contributed by atoms with van der Waals surface area (Å²) in [4.78, 5) is 0. The molecule has 1 fully saturated rings. The summed E-state index contributed by atoms with van der Waals surface area (Å²) in [5, 5.41) is 12.6. The molecule has 0 aromatic heterocycles. The lowest BCUT2D eigenvalue weighted by Crippen LogP contribution is -2.43. The SMILES string of the molecule is Cc1ccc(C#N)c(NC2(C)CCCOC2)c1. The number of ether oxygens (including phenoxy) is 1. The number of hydrogen-bond donors (Lipinski definition) is 1. The van der Waals surface area contributed by atoms with E-state index in [4.69, 9.17) is 10.00 Å². The Kier molecular flexibility index (Phi) is 3.35. The van der Waals surface area contributed by atoms with Crippen LogP contribution < -0.4 is 5.32 Å². The first-order chi connectivity index (χ1) is 8.13. The molecule has 3 nitrogen and oxygen atoms in total. The molecule has 1 saturated heterocycles. The number of nitriles is 1. The quantitative estimate of drug-likeness (QED) is 0.849. The maximum Gasteiger partial charge on any atom is 0.101 e. The fourth-order valence-electron chi connectivity index (χ4n) is 2.22. The summed E-state index contributed by atoms with van der Waals surface area (Å²) >= 11 is 0. The Morgan fingerprint density at radius 2 is 2.29 bits per heavy atom. The van der Waals surface area contributed by atoms with E-state index in [-0.39, 0.29) is 5.54 Å². The van der Waals surface area contributed by atoms with Gasteiger partial charge in [-0.3, -0.25) is 0 Å². The zero-order chi connectivity index (χ0) is 12.3. The number of aryl methyl sites for hydroxylation is 1. The first kappa shape index (κ1) is 11.9. The Labute approximate surface area is 102 Å². The Hall–Kier alpha value is -1.53. The molecule has 2 rings (SSSR count). The van der Waals surface area contributed by atoms with Crippen molar-refractivity contribution in [1.82, 2.24) is 0 Å². The molecule has 1 aromatic rings. The van der Waals surface area contributed by atoms with Crippen molar-refractivity contribution in [2.75, 3.05) is 18.5 Å². The number of nitrogens with one attached hydrogen (secondary N) is 1. The minimum absolute atomic E-state index is 0.0579. The van der Waals surface area contributed by atoms with E-state index in [0.717, 1.165) is 30.7 Å². The number of benzene rings is 1. The molecule has 3 heteroatoms. The molecule has 0 amide bonds. The number of hydrogen-bond acceptors (Lipinski definition) is 3. The highest BCUT2D eigenvalue weighted by atomic mass is 16.5. The van der Waals surface area contributed by atoms with E-state index < -0.39 is 0 Å². The summed E-state index contributed by atoms with van der Waals surface area (Å²) in [6.07, 6.45) is 2.14. The molecule has 0 bridgehead atoms. The molecule has 17 heavy (non-hydrogen) atoms. The van der Waals surface area contributed by atoms with E-state index in [1.165, 1.54) is 0 Å².